The van der Waals surface area contributed by atoms with E-state index in [1.54, 1.807) is 6.20 Å². The average Bonchev–Trinajstić information content (AvgIpc) is 2.70. The van der Waals surface area contributed by atoms with E-state index in [1.165, 1.54) is 22.3 Å². The lowest BCUT2D eigenvalue weighted by Crippen LogP contribution is -1.91. The van der Waals surface area contributed by atoms with Crippen LogP contribution < -0.4 is 0 Å². The Balaban J connectivity index is 2.26. The summed E-state index contributed by atoms with van der Waals surface area (Å²) in [5, 5.41) is 0. The third-order valence-electron chi connectivity index (χ3n) is 3.17. The molecule has 90 valence electrons. The number of aromatic nitrogens is 3. The van der Waals surface area contributed by atoms with Crippen LogP contribution in [0.15, 0.2) is 30.5 Å². The van der Waals surface area contributed by atoms with E-state index in [-0.39, 0.29) is 0 Å². The number of hydrogen-bond donors (Lipinski definition) is 1. The molecule has 0 fully saturated rings. The van der Waals surface area contributed by atoms with Crippen LogP contribution >= 0.6 is 0 Å². The van der Waals surface area contributed by atoms with E-state index < -0.39 is 0 Å². The number of aromatic amines is 1. The topological polar surface area (TPSA) is 41.6 Å². The summed E-state index contributed by atoms with van der Waals surface area (Å²) in [6.07, 6.45) is 1.77. The lowest BCUT2D eigenvalue weighted by molar-refractivity contribution is 1.24. The quantitative estimate of drug-likeness (QED) is 0.703. The van der Waals surface area contributed by atoms with Gasteiger partial charge in [-0.2, -0.15) is 0 Å². The molecule has 1 aromatic carbocycles. The molecular formula is C15H15N3. The van der Waals surface area contributed by atoms with Gasteiger partial charge in [-0.15, -0.1) is 0 Å². The Kier molecular flexibility index (Phi) is 2.40. The molecule has 0 unspecified atom stereocenters. The maximum Gasteiger partial charge on any atom is 0.178 e. The molecule has 3 aromatic rings. The predicted molar refractivity (Wildman–Crippen MR) is 73.5 cm³/mol. The van der Waals surface area contributed by atoms with Crippen LogP contribution in [0.25, 0.3) is 22.6 Å². The lowest BCUT2D eigenvalue weighted by atomic mass is 9.99. The maximum absolute atomic E-state index is 4.57. The Morgan fingerprint density at radius 1 is 1.06 bits per heavy atom. The fourth-order valence-electron chi connectivity index (χ4n) is 2.52. The number of nitrogens with zero attached hydrogens (tertiary/aromatic N) is 2. The molecule has 2 heterocycles. The Labute approximate surface area is 106 Å². The van der Waals surface area contributed by atoms with E-state index in [0.717, 1.165) is 17.0 Å². The highest BCUT2D eigenvalue weighted by atomic mass is 15.0. The highest BCUT2D eigenvalue weighted by Crippen LogP contribution is 2.27. The van der Waals surface area contributed by atoms with Gasteiger partial charge >= 0.3 is 0 Å². The predicted octanol–water partition coefficient (Wildman–Crippen LogP) is 3.55. The lowest BCUT2D eigenvalue weighted by Gasteiger charge is -2.08. The van der Waals surface area contributed by atoms with Crippen LogP contribution in [0.4, 0.5) is 0 Å². The third kappa shape index (κ3) is 1.68. The van der Waals surface area contributed by atoms with E-state index in [9.17, 15) is 0 Å². The fraction of sp³-hybridized carbons (Fsp3) is 0.200. The van der Waals surface area contributed by atoms with E-state index in [1.807, 2.05) is 12.1 Å². The van der Waals surface area contributed by atoms with E-state index >= 15 is 0 Å². The van der Waals surface area contributed by atoms with Crippen LogP contribution in [0, 0.1) is 20.8 Å². The van der Waals surface area contributed by atoms with Crippen molar-refractivity contribution in [1.82, 2.24) is 15.0 Å². The summed E-state index contributed by atoms with van der Waals surface area (Å²) in [6.45, 7) is 6.36. The van der Waals surface area contributed by atoms with Crippen molar-refractivity contribution in [3.05, 3.63) is 47.2 Å². The first-order valence-corrected chi connectivity index (χ1v) is 6.04. The molecule has 2 aromatic heterocycles. The second-order valence-corrected chi connectivity index (χ2v) is 4.73. The second-order valence-electron chi connectivity index (χ2n) is 4.73. The molecule has 3 nitrogen and oxygen atoms in total. The summed E-state index contributed by atoms with van der Waals surface area (Å²) < 4.78 is 0. The molecule has 0 aliphatic heterocycles. The Morgan fingerprint density at radius 3 is 2.44 bits per heavy atom. The smallest absolute Gasteiger partial charge is 0.178 e. The minimum atomic E-state index is 0.770. The molecule has 0 bridgehead atoms. The number of pyridine rings is 1. The molecule has 0 amide bonds. The molecule has 0 aliphatic carbocycles. The van der Waals surface area contributed by atoms with E-state index in [2.05, 4.69) is 47.9 Å². The third-order valence-corrected chi connectivity index (χ3v) is 3.17. The van der Waals surface area contributed by atoms with Gasteiger partial charge in [-0.1, -0.05) is 17.7 Å². The van der Waals surface area contributed by atoms with E-state index in [4.69, 9.17) is 0 Å². The van der Waals surface area contributed by atoms with Crippen molar-refractivity contribution in [3.8, 4) is 11.4 Å². The van der Waals surface area contributed by atoms with Crippen LogP contribution in [0.5, 0.6) is 0 Å². The summed E-state index contributed by atoms with van der Waals surface area (Å²) in [5.41, 5.74) is 6.69. The average molecular weight is 237 g/mol. The first kappa shape index (κ1) is 11.0. The highest BCUT2D eigenvalue weighted by molar-refractivity contribution is 5.77. The van der Waals surface area contributed by atoms with Crippen molar-refractivity contribution < 1.29 is 0 Å². The first-order chi connectivity index (χ1) is 8.65. The summed E-state index contributed by atoms with van der Waals surface area (Å²) >= 11 is 0. The number of benzene rings is 1. The van der Waals surface area contributed by atoms with Crippen LogP contribution in [0.2, 0.25) is 0 Å². The van der Waals surface area contributed by atoms with Gasteiger partial charge in [0.25, 0.3) is 0 Å². The van der Waals surface area contributed by atoms with Crippen molar-refractivity contribution in [1.29, 1.82) is 0 Å². The Bertz CT molecular complexity index is 669. The van der Waals surface area contributed by atoms with Crippen LogP contribution in [-0.4, -0.2) is 15.0 Å². The molecule has 3 heteroatoms. The van der Waals surface area contributed by atoms with E-state index in [0.29, 0.717) is 0 Å². The number of imidazole rings is 1. The number of H-pyrrole nitrogens is 1. The van der Waals surface area contributed by atoms with Gasteiger partial charge in [0.2, 0.25) is 0 Å². The van der Waals surface area contributed by atoms with Gasteiger partial charge in [0.05, 0.1) is 5.52 Å². The van der Waals surface area contributed by atoms with Gasteiger partial charge in [-0.05, 0) is 44.0 Å². The van der Waals surface area contributed by atoms with Crippen LogP contribution in [-0.2, 0) is 0 Å². The number of rotatable bonds is 1. The number of aryl methyl sites for hydroxylation is 3. The molecule has 18 heavy (non-hydrogen) atoms. The standard InChI is InChI=1S/C15H15N3/c1-9-7-10(2)13(11(3)8-9)15-17-12-5-4-6-16-14(12)18-15/h4-8H,1-3H3,(H,16,17,18). The summed E-state index contributed by atoms with van der Waals surface area (Å²) in [4.78, 5) is 12.2. The van der Waals surface area contributed by atoms with Gasteiger partial charge in [0, 0.05) is 11.8 Å². The molecule has 3 rings (SSSR count). The van der Waals surface area contributed by atoms with Gasteiger partial charge in [-0.3, -0.25) is 0 Å². The highest BCUT2D eigenvalue weighted by Gasteiger charge is 2.11. The summed E-state index contributed by atoms with van der Waals surface area (Å²) in [7, 11) is 0. The van der Waals surface area contributed by atoms with Crippen molar-refractivity contribution in [3.63, 3.8) is 0 Å². The van der Waals surface area contributed by atoms with Gasteiger partial charge < -0.3 is 4.98 Å². The first-order valence-electron chi connectivity index (χ1n) is 6.04. The summed E-state index contributed by atoms with van der Waals surface area (Å²) in [5.74, 6) is 0.902. The summed E-state index contributed by atoms with van der Waals surface area (Å²) in [6, 6.07) is 8.28. The molecule has 0 saturated heterocycles. The van der Waals surface area contributed by atoms with Crippen molar-refractivity contribution in [2.75, 3.05) is 0 Å². The number of hydrogen-bond acceptors (Lipinski definition) is 2. The molecular weight excluding hydrogens is 222 g/mol. The monoisotopic (exact) mass is 237 g/mol. The fourth-order valence-corrected chi connectivity index (χ4v) is 2.52. The Hall–Kier alpha value is -2.16. The minimum Gasteiger partial charge on any atom is -0.337 e. The van der Waals surface area contributed by atoms with Crippen LogP contribution in [0.1, 0.15) is 16.7 Å². The van der Waals surface area contributed by atoms with Crippen molar-refractivity contribution >= 4 is 11.2 Å². The molecule has 0 saturated carbocycles. The van der Waals surface area contributed by atoms with Gasteiger partial charge in [-0.25, -0.2) is 9.97 Å². The molecule has 0 aliphatic rings. The number of fused-ring (bicyclic) bond motifs is 1. The molecule has 1 N–H and O–H groups in total. The van der Waals surface area contributed by atoms with Crippen molar-refractivity contribution in [2.24, 2.45) is 0 Å². The van der Waals surface area contributed by atoms with Crippen molar-refractivity contribution in [2.45, 2.75) is 20.8 Å². The molecule has 0 atom stereocenters. The van der Waals surface area contributed by atoms with Gasteiger partial charge in [0.15, 0.2) is 5.65 Å². The van der Waals surface area contributed by atoms with Gasteiger partial charge in [0.1, 0.15) is 5.82 Å². The zero-order valence-corrected chi connectivity index (χ0v) is 10.8. The number of nitrogens with one attached hydrogen (secondary N) is 1. The minimum absolute atomic E-state index is 0.770. The molecule has 0 radical (unpaired) electrons. The normalized spacial score (nSPS) is 11.1. The molecule has 0 spiro atoms. The maximum atomic E-state index is 4.57. The second kappa shape index (κ2) is 3.95. The largest absolute Gasteiger partial charge is 0.337 e. The SMILES string of the molecule is Cc1cc(C)c(-c2nc3ncccc3[nH]2)c(C)c1. The zero-order valence-electron chi connectivity index (χ0n) is 10.8. The van der Waals surface area contributed by atoms with Crippen LogP contribution in [0.3, 0.4) is 0 Å². The zero-order chi connectivity index (χ0) is 12.7. The Morgan fingerprint density at radius 2 is 1.78 bits per heavy atom.